The van der Waals surface area contributed by atoms with Crippen molar-refractivity contribution in [3.05, 3.63) is 26.6 Å². The SMILES string of the molecule is C#CCC(Cc1cc(Br)c(O)c(Br)c1)O[Si](C)(C)C(C)(C)C. The second-order valence-corrected chi connectivity index (χ2v) is 13.5. The maximum absolute atomic E-state index is 9.81. The van der Waals surface area contributed by atoms with Crippen LogP contribution in [0.2, 0.25) is 18.1 Å². The van der Waals surface area contributed by atoms with Crippen LogP contribution < -0.4 is 0 Å². The molecule has 0 spiro atoms. The molecule has 0 fully saturated rings. The second kappa shape index (κ2) is 7.52. The zero-order chi connectivity index (χ0) is 17.1. The lowest BCUT2D eigenvalue weighted by atomic mass is 10.1. The van der Waals surface area contributed by atoms with E-state index < -0.39 is 8.32 Å². The van der Waals surface area contributed by atoms with Gasteiger partial charge in [-0.25, -0.2) is 0 Å². The normalized spacial score (nSPS) is 13.7. The molecule has 0 saturated heterocycles. The number of terminal acetylenes is 1. The zero-order valence-corrected chi connectivity index (χ0v) is 18.0. The predicted molar refractivity (Wildman–Crippen MR) is 103 cm³/mol. The van der Waals surface area contributed by atoms with Crippen molar-refractivity contribution in [3.8, 4) is 18.1 Å². The summed E-state index contributed by atoms with van der Waals surface area (Å²) in [5, 5.41) is 9.96. The van der Waals surface area contributed by atoms with Gasteiger partial charge < -0.3 is 9.53 Å². The van der Waals surface area contributed by atoms with Crippen LogP contribution in [0.3, 0.4) is 0 Å². The lowest BCUT2D eigenvalue weighted by molar-refractivity contribution is 0.186. The molecular weight excluding hydrogens is 424 g/mol. The number of phenols is 1. The average Bonchev–Trinajstić information content (AvgIpc) is 2.34. The summed E-state index contributed by atoms with van der Waals surface area (Å²) >= 11 is 6.73. The third-order valence-electron chi connectivity index (χ3n) is 4.15. The van der Waals surface area contributed by atoms with Crippen LogP contribution in [0.1, 0.15) is 32.8 Å². The molecule has 0 aliphatic heterocycles. The Morgan fingerprint density at radius 2 is 1.77 bits per heavy atom. The number of halogens is 2. The van der Waals surface area contributed by atoms with Crippen molar-refractivity contribution < 1.29 is 9.53 Å². The number of phenolic OH excluding ortho intramolecular Hbond substituents is 1. The Morgan fingerprint density at radius 3 is 2.18 bits per heavy atom. The van der Waals surface area contributed by atoms with Crippen molar-refractivity contribution in [2.24, 2.45) is 0 Å². The van der Waals surface area contributed by atoms with E-state index in [4.69, 9.17) is 10.8 Å². The van der Waals surface area contributed by atoms with Crippen molar-refractivity contribution in [2.45, 2.75) is 57.8 Å². The lowest BCUT2D eigenvalue weighted by Gasteiger charge is -2.39. The van der Waals surface area contributed by atoms with Crippen LogP contribution in [0.15, 0.2) is 21.1 Å². The Balaban J connectivity index is 2.97. The molecule has 0 aliphatic rings. The quantitative estimate of drug-likeness (QED) is 0.451. The minimum absolute atomic E-state index is 0.00534. The highest BCUT2D eigenvalue weighted by atomic mass is 79.9. The highest BCUT2D eigenvalue weighted by molar-refractivity contribution is 9.11. The molecule has 1 aromatic rings. The Morgan fingerprint density at radius 1 is 1.27 bits per heavy atom. The first kappa shape index (κ1) is 19.8. The number of benzene rings is 1. The predicted octanol–water partition coefficient (Wildman–Crippen LogP) is 5.87. The first-order valence-electron chi connectivity index (χ1n) is 7.26. The fourth-order valence-corrected chi connectivity index (χ4v) is 4.51. The van der Waals surface area contributed by atoms with Gasteiger partial charge in [-0.15, -0.1) is 12.3 Å². The number of rotatable bonds is 5. The Hall–Kier alpha value is -0.283. The van der Waals surface area contributed by atoms with Gasteiger partial charge >= 0.3 is 0 Å². The average molecular weight is 448 g/mol. The van der Waals surface area contributed by atoms with Crippen LogP contribution in [0, 0.1) is 12.3 Å². The molecule has 1 atom stereocenters. The molecule has 0 aromatic heterocycles. The van der Waals surface area contributed by atoms with Crippen LogP contribution in [0.4, 0.5) is 0 Å². The highest BCUT2D eigenvalue weighted by Crippen LogP contribution is 2.38. The summed E-state index contributed by atoms with van der Waals surface area (Å²) in [5.41, 5.74) is 1.08. The van der Waals surface area contributed by atoms with Crippen molar-refractivity contribution >= 4 is 40.2 Å². The molecule has 0 heterocycles. The van der Waals surface area contributed by atoms with Crippen LogP contribution in [0.5, 0.6) is 5.75 Å². The Bertz CT molecular complexity index is 548. The molecule has 1 unspecified atom stereocenters. The van der Waals surface area contributed by atoms with Gasteiger partial charge in [-0.3, -0.25) is 0 Å². The highest BCUT2D eigenvalue weighted by Gasteiger charge is 2.39. The van der Waals surface area contributed by atoms with Gasteiger partial charge in [-0.1, -0.05) is 20.8 Å². The minimum Gasteiger partial charge on any atom is -0.506 e. The summed E-state index contributed by atoms with van der Waals surface area (Å²) in [6.45, 7) is 11.1. The van der Waals surface area contributed by atoms with Gasteiger partial charge in [0, 0.05) is 6.42 Å². The standard InChI is InChI=1S/C17H24Br2O2Si/c1-7-8-13(21-22(5,6)17(2,3)4)9-12-10-14(18)16(20)15(19)11-12/h1,10-11,13,20H,8-9H2,2-6H3. The maximum Gasteiger partial charge on any atom is 0.192 e. The van der Waals surface area contributed by atoms with Gasteiger partial charge in [-0.05, 0) is 74.1 Å². The van der Waals surface area contributed by atoms with E-state index in [-0.39, 0.29) is 16.9 Å². The van der Waals surface area contributed by atoms with Crippen molar-refractivity contribution in [3.63, 3.8) is 0 Å². The molecule has 1 N–H and O–H groups in total. The van der Waals surface area contributed by atoms with Crippen molar-refractivity contribution in [1.29, 1.82) is 0 Å². The summed E-state index contributed by atoms with van der Waals surface area (Å²) in [4.78, 5) is 0. The van der Waals surface area contributed by atoms with E-state index >= 15 is 0 Å². The zero-order valence-electron chi connectivity index (χ0n) is 13.8. The van der Waals surface area contributed by atoms with Gasteiger partial charge in [0.05, 0.1) is 15.0 Å². The molecule has 0 saturated carbocycles. The van der Waals surface area contributed by atoms with Gasteiger partial charge in [0.2, 0.25) is 0 Å². The largest absolute Gasteiger partial charge is 0.506 e. The molecule has 0 amide bonds. The minimum atomic E-state index is -1.87. The maximum atomic E-state index is 9.81. The van der Waals surface area contributed by atoms with Crippen molar-refractivity contribution in [2.75, 3.05) is 0 Å². The van der Waals surface area contributed by atoms with Crippen molar-refractivity contribution in [1.82, 2.24) is 0 Å². The molecule has 122 valence electrons. The Labute approximate surface area is 152 Å². The molecule has 0 radical (unpaired) electrons. The molecule has 22 heavy (non-hydrogen) atoms. The first-order valence-corrected chi connectivity index (χ1v) is 11.8. The smallest absolute Gasteiger partial charge is 0.192 e. The monoisotopic (exact) mass is 446 g/mol. The summed E-state index contributed by atoms with van der Waals surface area (Å²) in [5.74, 6) is 2.94. The van der Waals surface area contributed by atoms with E-state index in [1.165, 1.54) is 0 Å². The van der Waals surface area contributed by atoms with Gasteiger partial charge in [0.15, 0.2) is 8.32 Å². The molecule has 0 aliphatic carbocycles. The molecular formula is C17H24Br2O2Si. The first-order chi connectivity index (χ1) is 9.98. The third kappa shape index (κ3) is 5.12. The summed E-state index contributed by atoms with van der Waals surface area (Å²) in [7, 11) is -1.87. The van der Waals surface area contributed by atoms with E-state index in [9.17, 15) is 5.11 Å². The van der Waals surface area contributed by atoms with Crippen LogP contribution in [-0.2, 0) is 10.8 Å². The number of aromatic hydroxyl groups is 1. The van der Waals surface area contributed by atoms with E-state index in [1.807, 2.05) is 12.1 Å². The van der Waals surface area contributed by atoms with Gasteiger partial charge in [0.25, 0.3) is 0 Å². The fraction of sp³-hybridized carbons (Fsp3) is 0.529. The van der Waals surface area contributed by atoms with Crippen LogP contribution in [0.25, 0.3) is 0 Å². The number of hydrogen-bond donors (Lipinski definition) is 1. The summed E-state index contributed by atoms with van der Waals surface area (Å²) in [6.07, 6.45) is 6.83. The van der Waals surface area contributed by atoms with E-state index in [2.05, 4.69) is 71.6 Å². The van der Waals surface area contributed by atoms with E-state index in [1.54, 1.807) is 0 Å². The lowest BCUT2D eigenvalue weighted by Crippen LogP contribution is -2.44. The second-order valence-electron chi connectivity index (χ2n) is 7.02. The summed E-state index contributed by atoms with van der Waals surface area (Å²) in [6, 6.07) is 3.83. The van der Waals surface area contributed by atoms with Crippen LogP contribution >= 0.6 is 31.9 Å². The number of hydrogen-bond acceptors (Lipinski definition) is 2. The molecule has 1 aromatic carbocycles. The molecule has 5 heteroatoms. The van der Waals surface area contributed by atoms with Gasteiger partial charge in [-0.2, -0.15) is 0 Å². The van der Waals surface area contributed by atoms with Gasteiger partial charge in [0.1, 0.15) is 5.75 Å². The Kier molecular flexibility index (Phi) is 6.76. The van der Waals surface area contributed by atoms with E-state index in [0.29, 0.717) is 15.4 Å². The summed E-state index contributed by atoms with van der Waals surface area (Å²) < 4.78 is 7.80. The topological polar surface area (TPSA) is 29.5 Å². The third-order valence-corrected chi connectivity index (χ3v) is 9.90. The van der Waals surface area contributed by atoms with E-state index in [0.717, 1.165) is 12.0 Å². The van der Waals surface area contributed by atoms with Crippen LogP contribution in [-0.4, -0.2) is 19.5 Å². The fourth-order valence-electron chi connectivity index (χ4n) is 1.88. The molecule has 0 bridgehead atoms. The molecule has 2 nitrogen and oxygen atoms in total. The molecule has 1 rings (SSSR count).